The molecule has 2 N–H and O–H groups in total. The van der Waals surface area contributed by atoms with Gasteiger partial charge in [0.25, 0.3) is 0 Å². The maximum Gasteiger partial charge on any atom is 0.322 e. The van der Waals surface area contributed by atoms with Crippen LogP contribution in [0.1, 0.15) is 5.56 Å². The van der Waals surface area contributed by atoms with Gasteiger partial charge in [0.05, 0.1) is 5.69 Å². The largest absolute Gasteiger partial charge is 0.480 e. The van der Waals surface area contributed by atoms with Crippen LogP contribution < -0.4 is 5.32 Å². The molecule has 2 aromatic rings. The second-order valence-corrected chi connectivity index (χ2v) is 4.51. The fraction of sp³-hybridized carbons (Fsp3) is 0.167. The number of thiazole rings is 1. The van der Waals surface area contributed by atoms with Crippen molar-refractivity contribution >= 4 is 22.4 Å². The Morgan fingerprint density at radius 1 is 1.41 bits per heavy atom. The maximum atomic E-state index is 10.4. The van der Waals surface area contributed by atoms with E-state index in [1.807, 2.05) is 36.6 Å². The highest BCUT2D eigenvalue weighted by atomic mass is 32.1. The summed E-state index contributed by atoms with van der Waals surface area (Å²) >= 11 is 1.41. The molecule has 1 heterocycles. The summed E-state index contributed by atoms with van der Waals surface area (Å²) < 4.78 is 0. The normalized spacial score (nSPS) is 10.2. The van der Waals surface area contributed by atoms with Crippen molar-refractivity contribution in [3.8, 4) is 11.3 Å². The lowest BCUT2D eigenvalue weighted by atomic mass is 10.1. The van der Waals surface area contributed by atoms with Crippen LogP contribution in [0.5, 0.6) is 0 Å². The Morgan fingerprint density at radius 3 is 2.76 bits per heavy atom. The van der Waals surface area contributed by atoms with E-state index in [0.29, 0.717) is 5.13 Å². The summed E-state index contributed by atoms with van der Waals surface area (Å²) in [5, 5.41) is 13.8. The van der Waals surface area contributed by atoms with Crippen LogP contribution in [0.15, 0.2) is 29.6 Å². The maximum absolute atomic E-state index is 10.4. The Morgan fingerprint density at radius 2 is 2.12 bits per heavy atom. The van der Waals surface area contributed by atoms with E-state index >= 15 is 0 Å². The average Bonchev–Trinajstić information content (AvgIpc) is 2.76. The predicted molar refractivity (Wildman–Crippen MR) is 68.4 cm³/mol. The number of anilines is 1. The first-order valence-electron chi connectivity index (χ1n) is 5.13. The molecule has 0 aliphatic rings. The molecule has 0 aliphatic heterocycles. The van der Waals surface area contributed by atoms with E-state index in [9.17, 15) is 4.79 Å². The zero-order chi connectivity index (χ0) is 12.3. The molecule has 5 heteroatoms. The van der Waals surface area contributed by atoms with Crippen LogP contribution in [0, 0.1) is 6.92 Å². The van der Waals surface area contributed by atoms with E-state index in [0.717, 1.165) is 11.3 Å². The fourth-order valence-corrected chi connectivity index (χ4v) is 2.08. The minimum Gasteiger partial charge on any atom is -0.480 e. The van der Waals surface area contributed by atoms with E-state index < -0.39 is 5.97 Å². The van der Waals surface area contributed by atoms with Gasteiger partial charge in [0.1, 0.15) is 6.54 Å². The lowest BCUT2D eigenvalue weighted by Gasteiger charge is -1.98. The summed E-state index contributed by atoms with van der Waals surface area (Å²) in [7, 11) is 0. The predicted octanol–water partition coefficient (Wildman–Crippen LogP) is 2.62. The van der Waals surface area contributed by atoms with Gasteiger partial charge in [0.2, 0.25) is 0 Å². The zero-order valence-electron chi connectivity index (χ0n) is 9.30. The molecule has 88 valence electrons. The molecule has 0 amide bonds. The van der Waals surface area contributed by atoms with Crippen molar-refractivity contribution in [2.75, 3.05) is 11.9 Å². The zero-order valence-corrected chi connectivity index (χ0v) is 10.1. The van der Waals surface area contributed by atoms with Crippen molar-refractivity contribution in [2.24, 2.45) is 0 Å². The van der Waals surface area contributed by atoms with Crippen LogP contribution in [0.3, 0.4) is 0 Å². The van der Waals surface area contributed by atoms with Crippen LogP contribution in [-0.4, -0.2) is 22.6 Å². The monoisotopic (exact) mass is 248 g/mol. The minimum atomic E-state index is -0.892. The topological polar surface area (TPSA) is 62.2 Å². The number of hydrogen-bond acceptors (Lipinski definition) is 4. The number of benzene rings is 1. The van der Waals surface area contributed by atoms with Crippen LogP contribution >= 0.6 is 11.3 Å². The summed E-state index contributed by atoms with van der Waals surface area (Å²) in [5.74, 6) is -0.892. The molecular formula is C12H12N2O2S. The van der Waals surface area contributed by atoms with Crippen molar-refractivity contribution in [1.82, 2.24) is 4.98 Å². The van der Waals surface area contributed by atoms with Gasteiger partial charge in [-0.25, -0.2) is 4.98 Å². The van der Waals surface area contributed by atoms with Gasteiger partial charge in [0.15, 0.2) is 5.13 Å². The number of aryl methyl sites for hydroxylation is 1. The molecule has 0 fully saturated rings. The van der Waals surface area contributed by atoms with Gasteiger partial charge >= 0.3 is 5.97 Å². The number of carbonyl (C=O) groups is 1. The fourth-order valence-electron chi connectivity index (χ4n) is 1.36. The first-order valence-corrected chi connectivity index (χ1v) is 6.01. The van der Waals surface area contributed by atoms with Crippen molar-refractivity contribution in [1.29, 1.82) is 0 Å². The highest BCUT2D eigenvalue weighted by Gasteiger charge is 2.05. The molecule has 2 rings (SSSR count). The van der Waals surface area contributed by atoms with Crippen molar-refractivity contribution in [3.63, 3.8) is 0 Å². The van der Waals surface area contributed by atoms with Crippen molar-refractivity contribution in [2.45, 2.75) is 6.92 Å². The van der Waals surface area contributed by atoms with E-state index in [1.165, 1.54) is 16.9 Å². The summed E-state index contributed by atoms with van der Waals surface area (Å²) in [5.41, 5.74) is 3.10. The Kier molecular flexibility index (Phi) is 3.39. The SMILES string of the molecule is Cc1ccc(-c2csc(NCC(=O)O)n2)cc1. The molecule has 0 radical (unpaired) electrons. The third-order valence-corrected chi connectivity index (χ3v) is 3.04. The number of rotatable bonds is 4. The van der Waals surface area contributed by atoms with Crippen LogP contribution in [0.25, 0.3) is 11.3 Å². The quantitative estimate of drug-likeness (QED) is 0.873. The molecule has 1 aromatic carbocycles. The standard InChI is InChI=1S/C12H12N2O2S/c1-8-2-4-9(5-3-8)10-7-17-12(14-10)13-6-11(15)16/h2-5,7H,6H2,1H3,(H,13,14)(H,15,16). The molecule has 17 heavy (non-hydrogen) atoms. The van der Waals surface area contributed by atoms with Crippen LogP contribution in [0.2, 0.25) is 0 Å². The highest BCUT2D eigenvalue weighted by Crippen LogP contribution is 2.24. The van der Waals surface area contributed by atoms with Gasteiger partial charge in [-0.05, 0) is 6.92 Å². The molecular weight excluding hydrogens is 236 g/mol. The van der Waals surface area contributed by atoms with Crippen molar-refractivity contribution in [3.05, 3.63) is 35.2 Å². The molecule has 0 spiro atoms. The number of carboxylic acid groups (broad SMARTS) is 1. The summed E-state index contributed by atoms with van der Waals surface area (Å²) in [6.07, 6.45) is 0. The first-order chi connectivity index (χ1) is 8.15. The Balaban J connectivity index is 2.12. The third-order valence-electron chi connectivity index (χ3n) is 2.24. The number of nitrogens with zero attached hydrogens (tertiary/aromatic N) is 1. The van der Waals surface area contributed by atoms with Crippen LogP contribution in [0.4, 0.5) is 5.13 Å². The molecule has 0 atom stereocenters. The molecule has 4 nitrogen and oxygen atoms in total. The Hall–Kier alpha value is -1.88. The van der Waals surface area contributed by atoms with Gasteiger partial charge in [-0.15, -0.1) is 11.3 Å². The molecule has 0 saturated carbocycles. The number of aliphatic carboxylic acids is 1. The highest BCUT2D eigenvalue weighted by molar-refractivity contribution is 7.14. The van der Waals surface area contributed by atoms with E-state index in [2.05, 4.69) is 10.3 Å². The second-order valence-electron chi connectivity index (χ2n) is 3.65. The molecule has 1 aromatic heterocycles. The summed E-state index contributed by atoms with van der Waals surface area (Å²) in [6, 6.07) is 8.06. The van der Waals surface area contributed by atoms with E-state index in [-0.39, 0.29) is 6.54 Å². The van der Waals surface area contributed by atoms with Gasteiger partial charge in [-0.3, -0.25) is 4.79 Å². The smallest absolute Gasteiger partial charge is 0.322 e. The number of aromatic nitrogens is 1. The summed E-state index contributed by atoms with van der Waals surface area (Å²) in [4.78, 5) is 14.7. The lowest BCUT2D eigenvalue weighted by Crippen LogP contribution is -2.11. The van der Waals surface area contributed by atoms with Gasteiger partial charge in [-0.2, -0.15) is 0 Å². The minimum absolute atomic E-state index is 0.110. The molecule has 0 saturated heterocycles. The number of nitrogens with one attached hydrogen (secondary N) is 1. The van der Waals surface area contributed by atoms with Crippen LogP contribution in [-0.2, 0) is 4.79 Å². The van der Waals surface area contributed by atoms with Gasteiger partial charge < -0.3 is 10.4 Å². The van der Waals surface area contributed by atoms with Crippen molar-refractivity contribution < 1.29 is 9.90 Å². The summed E-state index contributed by atoms with van der Waals surface area (Å²) in [6.45, 7) is 1.92. The molecule has 0 bridgehead atoms. The average molecular weight is 248 g/mol. The number of carboxylic acids is 1. The molecule has 0 unspecified atom stereocenters. The Labute approximate surface area is 103 Å². The third kappa shape index (κ3) is 3.04. The van der Waals surface area contributed by atoms with Gasteiger partial charge in [0, 0.05) is 10.9 Å². The first kappa shape index (κ1) is 11.6. The van der Waals surface area contributed by atoms with E-state index in [4.69, 9.17) is 5.11 Å². The second kappa shape index (κ2) is 4.97. The van der Waals surface area contributed by atoms with E-state index in [1.54, 1.807) is 0 Å². The number of hydrogen-bond donors (Lipinski definition) is 2. The lowest BCUT2D eigenvalue weighted by molar-refractivity contribution is -0.134. The Bertz CT molecular complexity index is 520. The van der Waals surface area contributed by atoms with Gasteiger partial charge in [-0.1, -0.05) is 29.8 Å². The molecule has 0 aliphatic carbocycles.